The van der Waals surface area contributed by atoms with Crippen LogP contribution in [-0.2, 0) is 17.7 Å². The zero-order valence-electron chi connectivity index (χ0n) is 14.2. The largest absolute Gasteiger partial charge is 0.453 e. The van der Waals surface area contributed by atoms with Gasteiger partial charge in [-0.3, -0.25) is 14.9 Å². The van der Waals surface area contributed by atoms with E-state index in [1.165, 1.54) is 47.6 Å². The van der Waals surface area contributed by atoms with Crippen molar-refractivity contribution in [2.45, 2.75) is 13.0 Å². The number of ether oxygens (including phenoxy) is 1. The molecule has 1 aliphatic rings. The van der Waals surface area contributed by atoms with Crippen molar-refractivity contribution < 1.29 is 19.2 Å². The number of thiophene rings is 1. The summed E-state index contributed by atoms with van der Waals surface area (Å²) in [5, 5.41) is 23.5. The van der Waals surface area contributed by atoms with Crippen LogP contribution in [0.3, 0.4) is 0 Å². The molecule has 10 heteroatoms. The Kier molecular flexibility index (Phi) is 5.05. The predicted octanol–water partition coefficient (Wildman–Crippen LogP) is 2.90. The summed E-state index contributed by atoms with van der Waals surface area (Å²) in [7, 11) is 1.30. The van der Waals surface area contributed by atoms with Crippen LogP contribution in [0.1, 0.15) is 26.4 Å². The molecule has 2 aromatic rings. The van der Waals surface area contributed by atoms with Gasteiger partial charge in [0.25, 0.3) is 11.6 Å². The van der Waals surface area contributed by atoms with Crippen LogP contribution in [-0.4, -0.2) is 35.5 Å². The maximum atomic E-state index is 12.5. The van der Waals surface area contributed by atoms with E-state index in [1.54, 1.807) is 0 Å². The highest BCUT2D eigenvalue weighted by molar-refractivity contribution is 7.16. The fourth-order valence-electron chi connectivity index (χ4n) is 2.89. The number of carbonyl (C=O) groups is 2. The molecular weight excluding hydrogens is 372 g/mol. The van der Waals surface area contributed by atoms with Crippen molar-refractivity contribution in [1.29, 1.82) is 5.26 Å². The third-order valence-corrected chi connectivity index (χ3v) is 5.31. The van der Waals surface area contributed by atoms with Crippen LogP contribution in [0.2, 0.25) is 0 Å². The summed E-state index contributed by atoms with van der Waals surface area (Å²) in [4.78, 5) is 37.0. The number of benzene rings is 1. The van der Waals surface area contributed by atoms with Crippen LogP contribution in [0.25, 0.3) is 0 Å². The van der Waals surface area contributed by atoms with E-state index >= 15 is 0 Å². The Morgan fingerprint density at radius 3 is 2.81 bits per heavy atom. The molecule has 0 unspecified atom stereocenters. The lowest BCUT2D eigenvalue weighted by Crippen LogP contribution is -2.35. The van der Waals surface area contributed by atoms with Gasteiger partial charge in [-0.25, -0.2) is 4.79 Å². The Balaban J connectivity index is 1.90. The van der Waals surface area contributed by atoms with Gasteiger partial charge in [0.15, 0.2) is 0 Å². The van der Waals surface area contributed by atoms with Gasteiger partial charge in [0.2, 0.25) is 0 Å². The zero-order valence-corrected chi connectivity index (χ0v) is 15.0. The minimum absolute atomic E-state index is 0.0889. The van der Waals surface area contributed by atoms with Crippen molar-refractivity contribution in [2.75, 3.05) is 19.0 Å². The quantitative estimate of drug-likeness (QED) is 0.638. The molecule has 0 saturated carbocycles. The number of nitrogens with one attached hydrogen (secondary N) is 1. The summed E-state index contributed by atoms with van der Waals surface area (Å²) in [6, 6.07) is 7.68. The summed E-state index contributed by atoms with van der Waals surface area (Å²) in [6.07, 6.45) is 0.00334. The van der Waals surface area contributed by atoms with E-state index in [0.717, 1.165) is 10.4 Å². The molecule has 0 spiro atoms. The Morgan fingerprint density at radius 2 is 2.15 bits per heavy atom. The average Bonchev–Trinajstić information content (AvgIpc) is 3.03. The Bertz CT molecular complexity index is 978. The lowest BCUT2D eigenvalue weighted by atomic mass is 10.0. The van der Waals surface area contributed by atoms with Crippen molar-refractivity contribution in [2.24, 2.45) is 0 Å². The van der Waals surface area contributed by atoms with E-state index in [-0.39, 0.29) is 17.8 Å². The smallest absolute Gasteiger partial charge is 0.409 e. The molecule has 1 aliphatic heterocycles. The number of fused-ring (bicyclic) bond motifs is 1. The first kappa shape index (κ1) is 18.3. The SMILES string of the molecule is COC(=O)N1CCc2c(sc(NC(=O)c3ccccc3[N+](=O)[O-])c2C#N)C1. The summed E-state index contributed by atoms with van der Waals surface area (Å²) in [6.45, 7) is 0.686. The molecule has 0 fully saturated rings. The number of hydrogen-bond acceptors (Lipinski definition) is 7. The topological polar surface area (TPSA) is 126 Å². The maximum absolute atomic E-state index is 12.5. The molecule has 1 aromatic heterocycles. The number of anilines is 1. The summed E-state index contributed by atoms with van der Waals surface area (Å²) < 4.78 is 4.72. The van der Waals surface area contributed by atoms with Crippen molar-refractivity contribution in [1.82, 2.24) is 4.90 Å². The highest BCUT2D eigenvalue weighted by Gasteiger charge is 2.29. The van der Waals surface area contributed by atoms with Gasteiger partial charge in [-0.2, -0.15) is 5.26 Å². The van der Waals surface area contributed by atoms with E-state index in [1.807, 2.05) is 0 Å². The number of carbonyl (C=O) groups excluding carboxylic acids is 2. The first-order valence-corrected chi connectivity index (χ1v) is 8.70. The van der Waals surface area contributed by atoms with Gasteiger partial charge in [-0.05, 0) is 18.1 Å². The highest BCUT2D eigenvalue weighted by atomic mass is 32.1. The monoisotopic (exact) mass is 386 g/mol. The maximum Gasteiger partial charge on any atom is 0.409 e. The highest BCUT2D eigenvalue weighted by Crippen LogP contribution is 2.37. The van der Waals surface area contributed by atoms with Crippen molar-refractivity contribution in [3.63, 3.8) is 0 Å². The molecule has 1 N–H and O–H groups in total. The minimum atomic E-state index is -0.665. The second kappa shape index (κ2) is 7.43. The van der Waals surface area contributed by atoms with Gasteiger partial charge in [0.1, 0.15) is 16.6 Å². The predicted molar refractivity (Wildman–Crippen MR) is 96.6 cm³/mol. The molecule has 0 aliphatic carbocycles. The molecule has 27 heavy (non-hydrogen) atoms. The molecule has 0 atom stereocenters. The van der Waals surface area contributed by atoms with E-state index in [0.29, 0.717) is 23.5 Å². The van der Waals surface area contributed by atoms with Gasteiger partial charge in [-0.15, -0.1) is 11.3 Å². The molecule has 0 radical (unpaired) electrons. The fourth-order valence-corrected chi connectivity index (χ4v) is 4.10. The third-order valence-electron chi connectivity index (χ3n) is 4.17. The molecule has 2 amide bonds. The van der Waals surface area contributed by atoms with Gasteiger partial charge >= 0.3 is 6.09 Å². The standard InChI is InChI=1S/C17H14N4O5S/c1-26-17(23)20-7-6-10-12(8-18)16(27-14(10)9-20)19-15(22)11-4-2-3-5-13(11)21(24)25/h2-5H,6-7,9H2,1H3,(H,19,22). The van der Waals surface area contributed by atoms with E-state index < -0.39 is 16.9 Å². The lowest BCUT2D eigenvalue weighted by molar-refractivity contribution is -0.385. The van der Waals surface area contributed by atoms with Crippen molar-refractivity contribution in [3.8, 4) is 6.07 Å². The minimum Gasteiger partial charge on any atom is -0.453 e. The van der Waals surface area contributed by atoms with Crippen LogP contribution in [0, 0.1) is 21.4 Å². The Labute approximate surface area is 157 Å². The lowest BCUT2D eigenvalue weighted by Gasteiger charge is -2.25. The van der Waals surface area contributed by atoms with Crippen LogP contribution < -0.4 is 5.32 Å². The number of nitro benzene ring substituents is 1. The number of hydrogen-bond donors (Lipinski definition) is 1. The molecule has 9 nitrogen and oxygen atoms in total. The molecule has 0 saturated heterocycles. The van der Waals surface area contributed by atoms with E-state index in [4.69, 9.17) is 4.74 Å². The summed E-state index contributed by atoms with van der Waals surface area (Å²) in [5.74, 6) is -0.665. The molecule has 3 rings (SSSR count). The number of nitrogens with zero attached hydrogens (tertiary/aromatic N) is 3. The van der Waals surface area contributed by atoms with Crippen LogP contribution >= 0.6 is 11.3 Å². The number of para-hydroxylation sites is 1. The second-order valence-electron chi connectivity index (χ2n) is 5.69. The summed E-state index contributed by atoms with van der Waals surface area (Å²) in [5.41, 5.74) is 0.701. The van der Waals surface area contributed by atoms with Gasteiger partial charge < -0.3 is 15.0 Å². The first-order chi connectivity index (χ1) is 13.0. The van der Waals surface area contributed by atoms with Gasteiger partial charge in [0, 0.05) is 17.5 Å². The summed E-state index contributed by atoms with van der Waals surface area (Å²) >= 11 is 1.18. The van der Waals surface area contributed by atoms with E-state index in [9.17, 15) is 25.0 Å². The van der Waals surface area contributed by atoms with Gasteiger partial charge in [-0.1, -0.05) is 12.1 Å². The molecule has 2 heterocycles. The zero-order chi connectivity index (χ0) is 19.6. The normalized spacial score (nSPS) is 12.7. The first-order valence-electron chi connectivity index (χ1n) is 7.88. The van der Waals surface area contributed by atoms with E-state index in [2.05, 4.69) is 11.4 Å². The average molecular weight is 386 g/mol. The Morgan fingerprint density at radius 1 is 1.41 bits per heavy atom. The number of methoxy groups -OCH3 is 1. The number of amides is 2. The number of nitro groups is 1. The van der Waals surface area contributed by atoms with Crippen LogP contribution in [0.5, 0.6) is 0 Å². The van der Waals surface area contributed by atoms with Crippen LogP contribution in [0.15, 0.2) is 24.3 Å². The Hall–Kier alpha value is -3.45. The van der Waals surface area contributed by atoms with Crippen LogP contribution in [0.4, 0.5) is 15.5 Å². The van der Waals surface area contributed by atoms with Crippen molar-refractivity contribution in [3.05, 3.63) is 55.9 Å². The number of nitriles is 1. The molecule has 1 aromatic carbocycles. The molecular formula is C17H14N4O5S. The van der Waals surface area contributed by atoms with Crippen molar-refractivity contribution >= 4 is 34.0 Å². The fraction of sp³-hybridized carbons (Fsp3) is 0.235. The number of rotatable bonds is 3. The molecule has 0 bridgehead atoms. The van der Waals surface area contributed by atoms with Gasteiger partial charge in [0.05, 0.1) is 24.1 Å². The molecule has 138 valence electrons. The second-order valence-corrected chi connectivity index (χ2v) is 6.79. The third kappa shape index (κ3) is 3.45.